The van der Waals surface area contributed by atoms with Gasteiger partial charge < -0.3 is 10.1 Å². The largest absolute Gasteiger partial charge is 0.335 e. The Labute approximate surface area is 157 Å². The van der Waals surface area contributed by atoms with Gasteiger partial charge in [0.05, 0.1) is 0 Å². The summed E-state index contributed by atoms with van der Waals surface area (Å²) in [6, 6.07) is 9.03. The van der Waals surface area contributed by atoms with Gasteiger partial charge in [0.2, 0.25) is 3.79 Å². The molecule has 0 spiro atoms. The predicted octanol–water partition coefficient (Wildman–Crippen LogP) is 4.48. The molecule has 0 bridgehead atoms. The van der Waals surface area contributed by atoms with E-state index in [0.717, 1.165) is 0 Å². The van der Waals surface area contributed by atoms with E-state index in [1.807, 2.05) is 18.2 Å². The summed E-state index contributed by atoms with van der Waals surface area (Å²) in [6.45, 7) is 0. The standard InChI is InChI=1S/C12H9Cl6N3O/c1-22-12(11(16,17)18)20-8(7-5-3-2-4-6-7)19-9(21-12)10(13,14)15/h2-6H,1H3,(H,19,20,21). The number of aliphatic imine (C=N–C) groups is 2. The van der Waals surface area contributed by atoms with Gasteiger partial charge >= 0.3 is 5.85 Å². The van der Waals surface area contributed by atoms with Crippen molar-refractivity contribution in [3.8, 4) is 0 Å². The Hall–Kier alpha value is 0.0600. The maximum atomic E-state index is 5.97. The minimum Gasteiger partial charge on any atom is -0.335 e. The van der Waals surface area contributed by atoms with E-state index in [4.69, 9.17) is 74.3 Å². The lowest BCUT2D eigenvalue weighted by atomic mass is 10.2. The molecule has 0 amide bonds. The van der Waals surface area contributed by atoms with Crippen molar-refractivity contribution in [2.24, 2.45) is 9.98 Å². The van der Waals surface area contributed by atoms with E-state index in [9.17, 15) is 0 Å². The third kappa shape index (κ3) is 3.75. The number of ether oxygens (including phenoxy) is 1. The molecule has 1 aromatic carbocycles. The summed E-state index contributed by atoms with van der Waals surface area (Å²) in [4.78, 5) is 8.32. The van der Waals surface area contributed by atoms with Gasteiger partial charge in [0.25, 0.3) is 3.79 Å². The second kappa shape index (κ2) is 6.52. The van der Waals surface area contributed by atoms with Crippen molar-refractivity contribution >= 4 is 81.3 Å². The fourth-order valence-electron chi connectivity index (χ4n) is 1.70. The second-order valence-electron chi connectivity index (χ2n) is 4.22. The van der Waals surface area contributed by atoms with E-state index in [1.54, 1.807) is 12.1 Å². The fraction of sp³-hybridized carbons (Fsp3) is 0.333. The van der Waals surface area contributed by atoms with Crippen LogP contribution in [0.1, 0.15) is 5.56 Å². The zero-order valence-corrected chi connectivity index (χ0v) is 15.5. The number of hydrogen-bond donors (Lipinski definition) is 1. The number of rotatable bonds is 2. The predicted molar refractivity (Wildman–Crippen MR) is 93.9 cm³/mol. The Bertz CT molecular complexity index is 608. The van der Waals surface area contributed by atoms with Gasteiger partial charge in [0, 0.05) is 12.7 Å². The molecular formula is C12H9Cl6N3O. The van der Waals surface area contributed by atoms with E-state index in [0.29, 0.717) is 11.4 Å². The van der Waals surface area contributed by atoms with Crippen molar-refractivity contribution in [3.63, 3.8) is 0 Å². The molecule has 1 N–H and O–H groups in total. The molecule has 1 atom stereocenters. The highest BCUT2D eigenvalue weighted by atomic mass is 35.6. The molecule has 0 aromatic heterocycles. The number of amidine groups is 2. The number of methoxy groups -OCH3 is 1. The Morgan fingerprint density at radius 1 is 1.00 bits per heavy atom. The first-order valence-corrected chi connectivity index (χ1v) is 8.07. The molecule has 1 aliphatic heterocycles. The molecule has 1 heterocycles. The molecule has 1 unspecified atom stereocenters. The van der Waals surface area contributed by atoms with Crippen molar-refractivity contribution in [1.29, 1.82) is 0 Å². The number of hydrogen-bond acceptors (Lipinski definition) is 4. The number of benzene rings is 1. The van der Waals surface area contributed by atoms with Crippen LogP contribution >= 0.6 is 69.6 Å². The monoisotopic (exact) mass is 421 g/mol. The summed E-state index contributed by atoms with van der Waals surface area (Å²) < 4.78 is 1.33. The second-order valence-corrected chi connectivity index (χ2v) is 8.78. The summed E-state index contributed by atoms with van der Waals surface area (Å²) in [6.07, 6.45) is 0. The first kappa shape index (κ1) is 18.4. The zero-order valence-electron chi connectivity index (χ0n) is 11.0. The van der Waals surface area contributed by atoms with Gasteiger partial charge in [-0.25, -0.2) is 9.98 Å². The van der Waals surface area contributed by atoms with Crippen LogP contribution < -0.4 is 5.32 Å². The van der Waals surface area contributed by atoms with Crippen LogP contribution in [-0.4, -0.2) is 32.2 Å². The van der Waals surface area contributed by atoms with Crippen LogP contribution in [-0.2, 0) is 4.74 Å². The zero-order chi connectivity index (χ0) is 16.6. The minimum absolute atomic E-state index is 0.0699. The van der Waals surface area contributed by atoms with Gasteiger partial charge in [-0.1, -0.05) is 99.9 Å². The average molecular weight is 424 g/mol. The van der Waals surface area contributed by atoms with Gasteiger partial charge in [0.15, 0.2) is 5.84 Å². The van der Waals surface area contributed by atoms with Crippen molar-refractivity contribution in [2.75, 3.05) is 7.11 Å². The minimum atomic E-state index is -2.02. The van der Waals surface area contributed by atoms with E-state index in [1.165, 1.54) is 7.11 Å². The van der Waals surface area contributed by atoms with Gasteiger partial charge in [-0.2, -0.15) is 0 Å². The van der Waals surface area contributed by atoms with Crippen molar-refractivity contribution in [3.05, 3.63) is 35.9 Å². The molecular weight excluding hydrogens is 415 g/mol. The van der Waals surface area contributed by atoms with Crippen LogP contribution in [0.3, 0.4) is 0 Å². The van der Waals surface area contributed by atoms with E-state index < -0.39 is 13.4 Å². The highest BCUT2D eigenvalue weighted by Gasteiger charge is 2.53. The van der Waals surface area contributed by atoms with Gasteiger partial charge in [0.1, 0.15) is 5.84 Å². The molecule has 1 aromatic rings. The van der Waals surface area contributed by atoms with Crippen LogP contribution in [0, 0.1) is 0 Å². The topological polar surface area (TPSA) is 46.0 Å². The Morgan fingerprint density at radius 3 is 2.05 bits per heavy atom. The number of halogens is 6. The van der Waals surface area contributed by atoms with Gasteiger partial charge in [-0.05, 0) is 0 Å². The fourth-order valence-corrected chi connectivity index (χ4v) is 2.45. The maximum Gasteiger partial charge on any atom is 0.309 e. The summed E-state index contributed by atoms with van der Waals surface area (Å²) in [5.74, 6) is -1.66. The lowest BCUT2D eigenvalue weighted by Crippen LogP contribution is -2.53. The van der Waals surface area contributed by atoms with Crippen LogP contribution in [0.4, 0.5) is 0 Å². The Balaban J connectivity index is 2.60. The molecule has 1 aliphatic rings. The smallest absolute Gasteiger partial charge is 0.309 e. The normalized spacial score (nSPS) is 22.7. The van der Waals surface area contributed by atoms with E-state index in [2.05, 4.69) is 15.3 Å². The first-order valence-electron chi connectivity index (χ1n) is 5.80. The third-order valence-electron chi connectivity index (χ3n) is 2.73. The number of alkyl halides is 6. The molecule has 0 aliphatic carbocycles. The Kier molecular flexibility index (Phi) is 5.45. The molecule has 0 radical (unpaired) electrons. The lowest BCUT2D eigenvalue weighted by molar-refractivity contribution is 0.00699. The van der Waals surface area contributed by atoms with Crippen LogP contribution in [0.15, 0.2) is 40.3 Å². The van der Waals surface area contributed by atoms with E-state index in [-0.39, 0.29) is 5.84 Å². The highest BCUT2D eigenvalue weighted by Crippen LogP contribution is 2.45. The Morgan fingerprint density at radius 2 is 1.59 bits per heavy atom. The summed E-state index contributed by atoms with van der Waals surface area (Å²) in [7, 11) is 1.29. The average Bonchev–Trinajstić information content (AvgIpc) is 2.45. The van der Waals surface area contributed by atoms with Crippen LogP contribution in [0.5, 0.6) is 0 Å². The van der Waals surface area contributed by atoms with Crippen LogP contribution in [0.2, 0.25) is 0 Å². The molecule has 0 saturated carbocycles. The molecule has 4 nitrogen and oxygen atoms in total. The molecule has 10 heteroatoms. The first-order chi connectivity index (χ1) is 10.1. The van der Waals surface area contributed by atoms with Crippen LogP contribution in [0.25, 0.3) is 0 Å². The molecule has 0 fully saturated rings. The van der Waals surface area contributed by atoms with Crippen molar-refractivity contribution in [1.82, 2.24) is 5.32 Å². The number of nitrogens with one attached hydrogen (secondary N) is 1. The molecule has 120 valence electrons. The molecule has 2 rings (SSSR count). The third-order valence-corrected chi connectivity index (χ3v) is 4.01. The van der Waals surface area contributed by atoms with Gasteiger partial charge in [-0.15, -0.1) is 0 Å². The summed E-state index contributed by atoms with van der Waals surface area (Å²) in [5.41, 5.74) is 0.680. The molecule has 0 saturated heterocycles. The van der Waals surface area contributed by atoms with Crippen molar-refractivity contribution in [2.45, 2.75) is 13.4 Å². The maximum absolute atomic E-state index is 5.97. The SMILES string of the molecule is COC1(C(Cl)(Cl)Cl)N=C(c2ccccc2)NC(C(Cl)(Cl)Cl)=N1. The molecule has 22 heavy (non-hydrogen) atoms. The highest BCUT2D eigenvalue weighted by molar-refractivity contribution is 6.77. The summed E-state index contributed by atoms with van der Waals surface area (Å²) in [5, 5.41) is 2.82. The van der Waals surface area contributed by atoms with E-state index >= 15 is 0 Å². The number of nitrogens with zero attached hydrogens (tertiary/aromatic N) is 2. The van der Waals surface area contributed by atoms with Crippen molar-refractivity contribution < 1.29 is 4.74 Å². The summed E-state index contributed by atoms with van der Waals surface area (Å²) >= 11 is 35.6. The lowest BCUT2D eigenvalue weighted by Gasteiger charge is -2.36. The van der Waals surface area contributed by atoms with Gasteiger partial charge in [-0.3, -0.25) is 0 Å². The quantitative estimate of drug-likeness (QED) is 0.713.